The van der Waals surface area contributed by atoms with Gasteiger partial charge >= 0.3 is 0 Å². The molecule has 1 unspecified atom stereocenters. The van der Waals surface area contributed by atoms with Crippen LogP contribution in [-0.2, 0) is 0 Å². The van der Waals surface area contributed by atoms with Crippen molar-refractivity contribution in [1.29, 1.82) is 0 Å². The second-order valence-electron chi connectivity index (χ2n) is 3.97. The minimum atomic E-state index is -0.210. The fourth-order valence-corrected chi connectivity index (χ4v) is 2.02. The molecule has 2 aromatic rings. The van der Waals surface area contributed by atoms with E-state index in [1.165, 1.54) is 0 Å². The van der Waals surface area contributed by atoms with Crippen LogP contribution in [0.15, 0.2) is 24.3 Å². The molecule has 2 heterocycles. The van der Waals surface area contributed by atoms with Crippen LogP contribution in [0, 0.1) is 0 Å². The minimum Gasteiger partial charge on any atom is -0.391 e. The van der Waals surface area contributed by atoms with E-state index in [2.05, 4.69) is 14.9 Å². The Morgan fingerprint density at radius 3 is 3.00 bits per heavy atom. The number of aliphatic hydroxyl groups is 1. The molecule has 0 spiro atoms. The first-order chi connectivity index (χ1) is 7.33. The van der Waals surface area contributed by atoms with Crippen molar-refractivity contribution in [2.75, 3.05) is 18.0 Å². The Balaban J connectivity index is 1.98. The van der Waals surface area contributed by atoms with Gasteiger partial charge < -0.3 is 15.0 Å². The van der Waals surface area contributed by atoms with E-state index >= 15 is 0 Å². The van der Waals surface area contributed by atoms with E-state index in [9.17, 15) is 5.11 Å². The molecule has 1 aromatic heterocycles. The molecular weight excluding hydrogens is 190 g/mol. The molecule has 1 aromatic carbocycles. The molecule has 0 radical (unpaired) electrons. The SMILES string of the molecule is OC1CCN(c2nc3ccccc3[nH]2)C1. The fourth-order valence-electron chi connectivity index (χ4n) is 2.02. The lowest BCUT2D eigenvalue weighted by Crippen LogP contribution is -2.22. The number of imidazole rings is 1. The van der Waals surface area contributed by atoms with E-state index in [0.29, 0.717) is 6.54 Å². The van der Waals surface area contributed by atoms with Crippen LogP contribution in [0.4, 0.5) is 5.95 Å². The number of H-pyrrole nitrogens is 1. The predicted octanol–water partition coefficient (Wildman–Crippen LogP) is 1.13. The molecule has 1 aliphatic rings. The molecule has 1 saturated heterocycles. The first-order valence-corrected chi connectivity index (χ1v) is 5.21. The Hall–Kier alpha value is -1.55. The number of hydrogen-bond acceptors (Lipinski definition) is 3. The van der Waals surface area contributed by atoms with Gasteiger partial charge in [0, 0.05) is 13.1 Å². The van der Waals surface area contributed by atoms with Gasteiger partial charge in [-0.2, -0.15) is 0 Å². The van der Waals surface area contributed by atoms with Gasteiger partial charge in [-0.05, 0) is 18.6 Å². The number of fused-ring (bicyclic) bond motifs is 1. The quantitative estimate of drug-likeness (QED) is 0.730. The molecule has 1 fully saturated rings. The van der Waals surface area contributed by atoms with Crippen molar-refractivity contribution in [2.45, 2.75) is 12.5 Å². The smallest absolute Gasteiger partial charge is 0.203 e. The van der Waals surface area contributed by atoms with Gasteiger partial charge in [0.15, 0.2) is 0 Å². The average Bonchev–Trinajstić information content (AvgIpc) is 2.82. The normalized spacial score (nSPS) is 21.4. The summed E-state index contributed by atoms with van der Waals surface area (Å²) >= 11 is 0. The molecule has 0 bridgehead atoms. The number of aliphatic hydroxyl groups excluding tert-OH is 1. The predicted molar refractivity (Wildman–Crippen MR) is 58.9 cm³/mol. The lowest BCUT2D eigenvalue weighted by Gasteiger charge is -2.12. The van der Waals surface area contributed by atoms with Gasteiger partial charge in [0.1, 0.15) is 0 Å². The van der Waals surface area contributed by atoms with Crippen LogP contribution in [0.2, 0.25) is 0 Å². The van der Waals surface area contributed by atoms with Gasteiger partial charge in [-0.1, -0.05) is 12.1 Å². The molecule has 4 nitrogen and oxygen atoms in total. The van der Waals surface area contributed by atoms with Crippen molar-refractivity contribution in [3.63, 3.8) is 0 Å². The first kappa shape index (κ1) is 8.73. The lowest BCUT2D eigenvalue weighted by atomic mass is 10.3. The van der Waals surface area contributed by atoms with Crippen LogP contribution in [0.1, 0.15) is 6.42 Å². The molecule has 0 amide bonds. The molecule has 3 rings (SSSR count). The highest BCUT2D eigenvalue weighted by molar-refractivity contribution is 5.77. The zero-order valence-corrected chi connectivity index (χ0v) is 8.35. The van der Waals surface area contributed by atoms with Crippen LogP contribution >= 0.6 is 0 Å². The molecular formula is C11H13N3O. The van der Waals surface area contributed by atoms with Crippen molar-refractivity contribution >= 4 is 17.0 Å². The zero-order chi connectivity index (χ0) is 10.3. The van der Waals surface area contributed by atoms with E-state index in [1.807, 2.05) is 24.3 Å². The molecule has 15 heavy (non-hydrogen) atoms. The van der Waals surface area contributed by atoms with Crippen molar-refractivity contribution in [2.24, 2.45) is 0 Å². The summed E-state index contributed by atoms with van der Waals surface area (Å²) < 4.78 is 0. The van der Waals surface area contributed by atoms with Crippen molar-refractivity contribution in [3.05, 3.63) is 24.3 Å². The van der Waals surface area contributed by atoms with Crippen LogP contribution in [-0.4, -0.2) is 34.3 Å². The Labute approximate surface area is 87.5 Å². The van der Waals surface area contributed by atoms with Gasteiger partial charge in [-0.3, -0.25) is 0 Å². The summed E-state index contributed by atoms with van der Waals surface area (Å²) in [6.45, 7) is 1.56. The topological polar surface area (TPSA) is 52.1 Å². The van der Waals surface area contributed by atoms with Crippen LogP contribution in [0.3, 0.4) is 0 Å². The van der Waals surface area contributed by atoms with Crippen LogP contribution in [0.5, 0.6) is 0 Å². The number of nitrogens with zero attached hydrogens (tertiary/aromatic N) is 2. The van der Waals surface area contributed by atoms with Crippen LogP contribution < -0.4 is 4.90 Å². The zero-order valence-electron chi connectivity index (χ0n) is 8.35. The maximum atomic E-state index is 9.45. The molecule has 4 heteroatoms. The van der Waals surface area contributed by atoms with Gasteiger partial charge in [-0.25, -0.2) is 4.98 Å². The van der Waals surface area contributed by atoms with E-state index < -0.39 is 0 Å². The number of β-amino-alcohol motifs (C(OH)–C–C–N with tert-alkyl or cyclic N) is 1. The summed E-state index contributed by atoms with van der Waals surface area (Å²) in [6.07, 6.45) is 0.620. The second kappa shape index (κ2) is 3.24. The number of anilines is 1. The molecule has 1 atom stereocenters. The third kappa shape index (κ3) is 1.47. The number of nitrogens with one attached hydrogen (secondary N) is 1. The molecule has 78 valence electrons. The minimum absolute atomic E-state index is 0.210. The first-order valence-electron chi connectivity index (χ1n) is 5.21. The van der Waals surface area contributed by atoms with E-state index in [0.717, 1.165) is 29.9 Å². The summed E-state index contributed by atoms with van der Waals surface area (Å²) in [6, 6.07) is 7.97. The van der Waals surface area contributed by atoms with Gasteiger partial charge in [0.2, 0.25) is 5.95 Å². The number of aromatic nitrogens is 2. The summed E-state index contributed by atoms with van der Waals surface area (Å²) in [5.41, 5.74) is 2.03. The standard InChI is InChI=1S/C11H13N3O/c15-8-5-6-14(7-8)11-12-9-3-1-2-4-10(9)13-11/h1-4,8,15H,5-7H2,(H,12,13). The molecule has 0 saturated carbocycles. The van der Waals surface area contributed by atoms with Crippen molar-refractivity contribution < 1.29 is 5.11 Å². The highest BCUT2D eigenvalue weighted by Crippen LogP contribution is 2.20. The maximum absolute atomic E-state index is 9.45. The van der Waals surface area contributed by atoms with Crippen LogP contribution in [0.25, 0.3) is 11.0 Å². The van der Waals surface area contributed by atoms with E-state index in [-0.39, 0.29) is 6.10 Å². The van der Waals surface area contributed by atoms with E-state index in [1.54, 1.807) is 0 Å². The van der Waals surface area contributed by atoms with Gasteiger partial charge in [0.25, 0.3) is 0 Å². The molecule has 0 aliphatic carbocycles. The number of aromatic amines is 1. The number of hydrogen-bond donors (Lipinski definition) is 2. The largest absolute Gasteiger partial charge is 0.391 e. The number of benzene rings is 1. The highest BCUT2D eigenvalue weighted by atomic mass is 16.3. The average molecular weight is 203 g/mol. The third-order valence-corrected chi connectivity index (χ3v) is 2.84. The summed E-state index contributed by atoms with van der Waals surface area (Å²) in [5, 5.41) is 9.45. The summed E-state index contributed by atoms with van der Waals surface area (Å²) in [7, 11) is 0. The lowest BCUT2D eigenvalue weighted by molar-refractivity contribution is 0.198. The Kier molecular flexibility index (Phi) is 1.89. The van der Waals surface area contributed by atoms with Gasteiger partial charge in [0.05, 0.1) is 17.1 Å². The number of para-hydroxylation sites is 2. The van der Waals surface area contributed by atoms with E-state index in [4.69, 9.17) is 0 Å². The highest BCUT2D eigenvalue weighted by Gasteiger charge is 2.22. The summed E-state index contributed by atoms with van der Waals surface area (Å²) in [4.78, 5) is 9.84. The summed E-state index contributed by atoms with van der Waals surface area (Å²) in [5.74, 6) is 0.868. The second-order valence-corrected chi connectivity index (χ2v) is 3.97. The third-order valence-electron chi connectivity index (χ3n) is 2.84. The van der Waals surface area contributed by atoms with Crippen molar-refractivity contribution in [3.8, 4) is 0 Å². The number of rotatable bonds is 1. The Bertz CT molecular complexity index is 446. The van der Waals surface area contributed by atoms with Crippen molar-refractivity contribution in [1.82, 2.24) is 9.97 Å². The molecule has 1 aliphatic heterocycles. The Morgan fingerprint density at radius 2 is 2.27 bits per heavy atom. The van der Waals surface area contributed by atoms with Gasteiger partial charge in [-0.15, -0.1) is 0 Å². The fraction of sp³-hybridized carbons (Fsp3) is 0.364. The maximum Gasteiger partial charge on any atom is 0.203 e. The Morgan fingerprint density at radius 1 is 1.40 bits per heavy atom. The molecule has 2 N–H and O–H groups in total. The monoisotopic (exact) mass is 203 g/mol.